The molecular weight excluding hydrogens is 438 g/mol. The molecule has 0 saturated carbocycles. The molecule has 0 bridgehead atoms. The van der Waals surface area contributed by atoms with Gasteiger partial charge in [0.05, 0.1) is 10.6 Å². The van der Waals surface area contributed by atoms with Crippen LogP contribution in [0.5, 0.6) is 0 Å². The average molecular weight is 464 g/mol. The van der Waals surface area contributed by atoms with Gasteiger partial charge in [0.25, 0.3) is 5.91 Å². The first-order chi connectivity index (χ1) is 15.7. The van der Waals surface area contributed by atoms with Gasteiger partial charge in [-0.15, -0.1) is 23.1 Å². The molecule has 0 spiro atoms. The van der Waals surface area contributed by atoms with Crippen molar-refractivity contribution in [1.82, 2.24) is 15.2 Å². The third-order valence-corrected chi connectivity index (χ3v) is 6.98. The van der Waals surface area contributed by atoms with Gasteiger partial charge >= 0.3 is 0 Å². The molecule has 4 rings (SSSR count). The van der Waals surface area contributed by atoms with Gasteiger partial charge in [0.15, 0.2) is 0 Å². The van der Waals surface area contributed by atoms with E-state index in [-0.39, 0.29) is 11.8 Å². The molecule has 7 heteroatoms. The highest BCUT2D eigenvalue weighted by molar-refractivity contribution is 8.00. The van der Waals surface area contributed by atoms with Gasteiger partial charge in [-0.25, -0.2) is 0 Å². The summed E-state index contributed by atoms with van der Waals surface area (Å²) >= 11 is 2.98. The number of nitrogens with one attached hydrogen (secondary N) is 2. The fourth-order valence-corrected chi connectivity index (χ4v) is 5.04. The number of aromatic nitrogens is 1. The van der Waals surface area contributed by atoms with E-state index in [0.29, 0.717) is 25.4 Å². The highest BCUT2D eigenvalue weighted by Gasteiger charge is 2.11. The summed E-state index contributed by atoms with van der Waals surface area (Å²) in [4.78, 5) is 26.3. The third-order valence-electron chi connectivity index (χ3n) is 5.07. The Morgan fingerprint density at radius 1 is 0.906 bits per heavy atom. The van der Waals surface area contributed by atoms with Crippen molar-refractivity contribution in [2.45, 2.75) is 17.9 Å². The Labute approximate surface area is 195 Å². The van der Waals surface area contributed by atoms with Crippen LogP contribution in [0, 0.1) is 0 Å². The Bertz CT molecular complexity index is 1170. The number of nitrogens with zero attached hydrogens (tertiary/aromatic N) is 1. The number of rotatable bonds is 10. The Morgan fingerprint density at radius 3 is 2.53 bits per heavy atom. The van der Waals surface area contributed by atoms with Crippen LogP contribution in [0.15, 0.2) is 83.2 Å². The molecule has 2 amide bonds. The minimum absolute atomic E-state index is 0.0333. The molecule has 2 aromatic carbocycles. The fourth-order valence-electron chi connectivity index (χ4n) is 3.48. The third kappa shape index (κ3) is 5.81. The lowest BCUT2D eigenvalue weighted by Gasteiger charge is -2.06. The topological polar surface area (TPSA) is 63.1 Å². The van der Waals surface area contributed by atoms with Gasteiger partial charge in [-0.2, -0.15) is 0 Å². The number of thioether (sulfide) groups is 1. The van der Waals surface area contributed by atoms with Gasteiger partial charge in [-0.05, 0) is 29.5 Å². The molecule has 0 aliphatic heterocycles. The van der Waals surface area contributed by atoms with Crippen molar-refractivity contribution < 1.29 is 9.59 Å². The largest absolute Gasteiger partial charge is 0.355 e. The van der Waals surface area contributed by atoms with E-state index in [4.69, 9.17) is 0 Å². The van der Waals surface area contributed by atoms with Crippen LogP contribution in [0.4, 0.5) is 0 Å². The smallest absolute Gasteiger partial charge is 0.261 e. The van der Waals surface area contributed by atoms with E-state index in [9.17, 15) is 9.59 Å². The van der Waals surface area contributed by atoms with Crippen LogP contribution < -0.4 is 10.6 Å². The zero-order valence-corrected chi connectivity index (χ0v) is 19.3. The molecule has 5 nitrogen and oxygen atoms in total. The lowest BCUT2D eigenvalue weighted by molar-refractivity contribution is -0.118. The maximum Gasteiger partial charge on any atom is 0.261 e. The van der Waals surface area contributed by atoms with E-state index in [0.717, 1.165) is 27.1 Å². The van der Waals surface area contributed by atoms with Crippen LogP contribution in [0.3, 0.4) is 0 Å². The predicted octanol–water partition coefficient (Wildman–Crippen LogP) is 4.58. The van der Waals surface area contributed by atoms with Gasteiger partial charge in [-0.3, -0.25) is 9.59 Å². The quantitative estimate of drug-likeness (QED) is 0.338. The predicted molar refractivity (Wildman–Crippen MR) is 132 cm³/mol. The molecule has 0 aliphatic rings. The van der Waals surface area contributed by atoms with Crippen LogP contribution in [0.1, 0.15) is 15.2 Å². The molecular formula is C25H25N3O2S2. The molecule has 0 aliphatic carbocycles. The second kappa shape index (κ2) is 11.0. The van der Waals surface area contributed by atoms with E-state index in [1.807, 2.05) is 47.8 Å². The van der Waals surface area contributed by atoms with Crippen molar-refractivity contribution in [1.29, 1.82) is 0 Å². The van der Waals surface area contributed by atoms with E-state index in [1.165, 1.54) is 16.9 Å². The maximum atomic E-state index is 12.3. The SMILES string of the molecule is O=C(CSc1cn(CCNC(=O)c2cccs2)c2ccccc12)NCCc1ccccc1. The summed E-state index contributed by atoms with van der Waals surface area (Å²) in [5.41, 5.74) is 2.32. The molecule has 0 unspecified atom stereocenters. The van der Waals surface area contributed by atoms with Crippen molar-refractivity contribution >= 4 is 45.8 Å². The highest BCUT2D eigenvalue weighted by atomic mass is 32.2. The number of fused-ring (bicyclic) bond motifs is 1. The standard InChI is InChI=1S/C25H25N3O2S2/c29-24(26-13-12-19-7-2-1-3-8-19)18-32-23-17-28(21-10-5-4-9-20(21)23)15-14-27-25(30)22-11-6-16-31-22/h1-11,16-17H,12-15,18H2,(H,26,29)(H,27,30). The summed E-state index contributed by atoms with van der Waals surface area (Å²) in [6, 6.07) is 22.0. The number of hydrogen-bond acceptors (Lipinski definition) is 4. The Morgan fingerprint density at radius 2 is 1.72 bits per heavy atom. The molecule has 2 heterocycles. The van der Waals surface area contributed by atoms with Crippen molar-refractivity contribution in [3.05, 3.63) is 88.7 Å². The Kier molecular flexibility index (Phi) is 7.64. The molecule has 0 fully saturated rings. The summed E-state index contributed by atoms with van der Waals surface area (Å²) in [6.07, 6.45) is 2.90. The summed E-state index contributed by atoms with van der Waals surface area (Å²) in [5.74, 6) is 0.363. The minimum Gasteiger partial charge on any atom is -0.355 e. The molecule has 4 aromatic rings. The lowest BCUT2D eigenvalue weighted by Crippen LogP contribution is -2.27. The number of benzene rings is 2. The van der Waals surface area contributed by atoms with Gasteiger partial charge in [-0.1, -0.05) is 54.6 Å². The van der Waals surface area contributed by atoms with E-state index < -0.39 is 0 Å². The monoisotopic (exact) mass is 463 g/mol. The number of hydrogen-bond donors (Lipinski definition) is 2. The average Bonchev–Trinajstić information content (AvgIpc) is 3.47. The summed E-state index contributed by atoms with van der Waals surface area (Å²) in [5, 5.41) is 9.00. The van der Waals surface area contributed by atoms with Crippen LogP contribution in [0.2, 0.25) is 0 Å². The normalized spacial score (nSPS) is 10.9. The molecule has 2 aromatic heterocycles. The van der Waals surface area contributed by atoms with Crippen LogP contribution in [-0.4, -0.2) is 35.2 Å². The molecule has 0 radical (unpaired) electrons. The van der Waals surface area contributed by atoms with Crippen molar-refractivity contribution in [3.63, 3.8) is 0 Å². The second-order valence-electron chi connectivity index (χ2n) is 7.31. The molecule has 0 saturated heterocycles. The minimum atomic E-state index is -0.0433. The van der Waals surface area contributed by atoms with E-state index in [1.54, 1.807) is 11.8 Å². The maximum absolute atomic E-state index is 12.3. The van der Waals surface area contributed by atoms with E-state index >= 15 is 0 Å². The Hall–Kier alpha value is -3.03. The Balaban J connectivity index is 1.30. The van der Waals surface area contributed by atoms with Gasteiger partial charge in [0, 0.05) is 41.6 Å². The van der Waals surface area contributed by atoms with Crippen molar-refractivity contribution in [2.75, 3.05) is 18.8 Å². The molecule has 164 valence electrons. The fraction of sp³-hybridized carbons (Fsp3) is 0.200. The number of thiophene rings is 1. The van der Waals surface area contributed by atoms with Gasteiger partial charge < -0.3 is 15.2 Å². The van der Waals surface area contributed by atoms with E-state index in [2.05, 4.69) is 45.7 Å². The first kappa shape index (κ1) is 22.2. The van der Waals surface area contributed by atoms with Crippen LogP contribution in [0.25, 0.3) is 10.9 Å². The summed E-state index contributed by atoms with van der Waals surface area (Å²) in [7, 11) is 0. The summed E-state index contributed by atoms with van der Waals surface area (Å²) in [6.45, 7) is 1.84. The number of para-hydroxylation sites is 1. The first-order valence-electron chi connectivity index (χ1n) is 10.5. The molecule has 32 heavy (non-hydrogen) atoms. The van der Waals surface area contributed by atoms with Crippen LogP contribution in [-0.2, 0) is 17.8 Å². The number of carbonyl (C=O) groups excluding carboxylic acids is 2. The first-order valence-corrected chi connectivity index (χ1v) is 12.4. The number of carbonyl (C=O) groups is 2. The molecule has 0 atom stereocenters. The van der Waals surface area contributed by atoms with Crippen molar-refractivity contribution in [2.24, 2.45) is 0 Å². The van der Waals surface area contributed by atoms with Gasteiger partial charge in [0.1, 0.15) is 0 Å². The van der Waals surface area contributed by atoms with Crippen molar-refractivity contribution in [3.8, 4) is 0 Å². The second-order valence-corrected chi connectivity index (χ2v) is 9.28. The number of amides is 2. The molecule has 2 N–H and O–H groups in total. The zero-order valence-electron chi connectivity index (χ0n) is 17.6. The van der Waals surface area contributed by atoms with Crippen LogP contribution >= 0.6 is 23.1 Å². The zero-order chi connectivity index (χ0) is 22.2. The van der Waals surface area contributed by atoms with Gasteiger partial charge in [0.2, 0.25) is 5.91 Å². The highest BCUT2D eigenvalue weighted by Crippen LogP contribution is 2.29. The lowest BCUT2D eigenvalue weighted by atomic mass is 10.1. The summed E-state index contributed by atoms with van der Waals surface area (Å²) < 4.78 is 2.14.